The standard InChI is InChI=1S/C64H42N2O/c1-3-16-44(17-4-1)51-40-33-47(42-59(51)45-18-5-2-6-19-45)43-30-34-48(35-31-43)65(49-36-38-50(39-37-49)66-61-28-13-9-22-53(61)54-23-10-14-29-62(54)66)60-27-12-11-24-55(60)56-25-15-26-57-58-41-32-46-20-7-8-21-52(46)63(58)67-64(56)57/h1-42H. The summed E-state index contributed by atoms with van der Waals surface area (Å²) in [5, 5.41) is 7.00. The van der Waals surface area contributed by atoms with E-state index in [9.17, 15) is 0 Å². The van der Waals surface area contributed by atoms with Gasteiger partial charge in [-0.1, -0.05) is 188 Å². The van der Waals surface area contributed by atoms with Gasteiger partial charge in [-0.05, 0) is 105 Å². The second-order valence-electron chi connectivity index (χ2n) is 17.2. The molecule has 67 heavy (non-hydrogen) atoms. The minimum atomic E-state index is 0.881. The topological polar surface area (TPSA) is 21.3 Å². The van der Waals surface area contributed by atoms with E-state index in [0.29, 0.717) is 0 Å². The van der Waals surface area contributed by atoms with E-state index in [1.807, 2.05) is 0 Å². The van der Waals surface area contributed by atoms with Crippen molar-refractivity contribution in [3.8, 4) is 50.2 Å². The van der Waals surface area contributed by atoms with Gasteiger partial charge in [0.15, 0.2) is 0 Å². The number of hydrogen-bond donors (Lipinski definition) is 0. The fraction of sp³-hybridized carbons (Fsp3) is 0. The maximum atomic E-state index is 6.95. The van der Waals surface area contributed by atoms with Crippen LogP contribution < -0.4 is 4.90 Å². The molecule has 0 radical (unpaired) electrons. The smallest absolute Gasteiger partial charge is 0.143 e. The molecule has 0 atom stereocenters. The first-order valence-corrected chi connectivity index (χ1v) is 22.9. The van der Waals surface area contributed by atoms with E-state index in [4.69, 9.17) is 4.42 Å². The summed E-state index contributed by atoms with van der Waals surface area (Å²) in [5.74, 6) is 0. The lowest BCUT2D eigenvalue weighted by Gasteiger charge is -2.28. The highest BCUT2D eigenvalue weighted by Gasteiger charge is 2.22. The molecule has 314 valence electrons. The molecule has 0 aliphatic carbocycles. The van der Waals surface area contributed by atoms with Crippen LogP contribution in [0.3, 0.4) is 0 Å². The fourth-order valence-electron chi connectivity index (χ4n) is 10.3. The van der Waals surface area contributed by atoms with Gasteiger partial charge in [-0.3, -0.25) is 0 Å². The van der Waals surface area contributed by atoms with Gasteiger partial charge >= 0.3 is 0 Å². The van der Waals surface area contributed by atoms with Crippen LogP contribution >= 0.6 is 0 Å². The number of para-hydroxylation sites is 4. The summed E-state index contributed by atoms with van der Waals surface area (Å²) in [6.07, 6.45) is 0. The van der Waals surface area contributed by atoms with E-state index in [-0.39, 0.29) is 0 Å². The Morgan fingerprint density at radius 1 is 0.299 bits per heavy atom. The molecule has 3 heteroatoms. The molecule has 2 heterocycles. The summed E-state index contributed by atoms with van der Waals surface area (Å²) < 4.78 is 9.32. The molecule has 0 fully saturated rings. The van der Waals surface area contributed by atoms with Gasteiger partial charge in [0.1, 0.15) is 11.2 Å². The SMILES string of the molecule is c1ccc(-c2ccc(-c3ccc(N(c4ccc(-n5c6ccccc6c6ccccc65)cc4)c4ccccc4-c4cccc5c4oc4c6ccccc6ccc54)cc3)cc2-c2ccccc2)cc1. The number of benzene rings is 11. The number of hydrogen-bond acceptors (Lipinski definition) is 2. The van der Waals surface area contributed by atoms with Crippen molar-refractivity contribution in [3.05, 3.63) is 255 Å². The van der Waals surface area contributed by atoms with Crippen molar-refractivity contribution in [3.63, 3.8) is 0 Å². The first-order chi connectivity index (χ1) is 33.2. The molecule has 0 aliphatic heterocycles. The molecule has 0 saturated carbocycles. The Morgan fingerprint density at radius 2 is 0.836 bits per heavy atom. The molecule has 0 saturated heterocycles. The second kappa shape index (κ2) is 16.0. The largest absolute Gasteiger partial charge is 0.455 e. The van der Waals surface area contributed by atoms with Crippen molar-refractivity contribution in [1.29, 1.82) is 0 Å². The van der Waals surface area contributed by atoms with Crippen LogP contribution in [0.15, 0.2) is 259 Å². The van der Waals surface area contributed by atoms with E-state index in [1.165, 1.54) is 49.4 Å². The number of furan rings is 1. The summed E-state index contributed by atoms with van der Waals surface area (Å²) in [5.41, 5.74) is 17.7. The minimum Gasteiger partial charge on any atom is -0.455 e. The number of rotatable bonds is 8. The van der Waals surface area contributed by atoms with E-state index in [2.05, 4.69) is 264 Å². The molecule has 0 bridgehead atoms. The van der Waals surface area contributed by atoms with Crippen molar-refractivity contribution in [1.82, 2.24) is 4.57 Å². The van der Waals surface area contributed by atoms with Crippen molar-refractivity contribution in [2.24, 2.45) is 0 Å². The minimum absolute atomic E-state index is 0.881. The highest BCUT2D eigenvalue weighted by atomic mass is 16.3. The third kappa shape index (κ3) is 6.51. The molecule has 0 N–H and O–H groups in total. The lowest BCUT2D eigenvalue weighted by molar-refractivity contribution is 0.674. The highest BCUT2D eigenvalue weighted by Crippen LogP contribution is 2.46. The van der Waals surface area contributed by atoms with Gasteiger partial charge in [0.25, 0.3) is 0 Å². The Balaban J connectivity index is 0.968. The van der Waals surface area contributed by atoms with Crippen molar-refractivity contribution in [2.45, 2.75) is 0 Å². The summed E-state index contributed by atoms with van der Waals surface area (Å²) in [7, 11) is 0. The average molecular weight is 855 g/mol. The summed E-state index contributed by atoms with van der Waals surface area (Å²) >= 11 is 0. The van der Waals surface area contributed by atoms with Gasteiger partial charge in [0, 0.05) is 55.1 Å². The lowest BCUT2D eigenvalue weighted by Crippen LogP contribution is -2.11. The van der Waals surface area contributed by atoms with Gasteiger partial charge in [0.2, 0.25) is 0 Å². The van der Waals surface area contributed by atoms with Crippen LogP contribution in [0.2, 0.25) is 0 Å². The van der Waals surface area contributed by atoms with Crippen LogP contribution in [0.25, 0.3) is 105 Å². The Labute approximate surface area is 388 Å². The molecule has 0 aliphatic rings. The predicted molar refractivity (Wildman–Crippen MR) is 282 cm³/mol. The van der Waals surface area contributed by atoms with Crippen molar-refractivity contribution < 1.29 is 4.42 Å². The fourth-order valence-corrected chi connectivity index (χ4v) is 10.3. The monoisotopic (exact) mass is 854 g/mol. The zero-order chi connectivity index (χ0) is 44.3. The van der Waals surface area contributed by atoms with Crippen LogP contribution in [0, 0.1) is 0 Å². The molecular formula is C64H42N2O. The van der Waals surface area contributed by atoms with Crippen molar-refractivity contribution in [2.75, 3.05) is 4.90 Å². The molecule has 13 rings (SSSR count). The summed E-state index contributed by atoms with van der Waals surface area (Å²) in [4.78, 5) is 2.39. The normalized spacial score (nSPS) is 11.6. The third-order valence-electron chi connectivity index (χ3n) is 13.4. The maximum Gasteiger partial charge on any atom is 0.143 e. The molecule has 0 unspecified atom stereocenters. The van der Waals surface area contributed by atoms with E-state index in [1.54, 1.807) is 0 Å². The van der Waals surface area contributed by atoms with Gasteiger partial charge in [-0.25, -0.2) is 0 Å². The molecule has 2 aromatic heterocycles. The Morgan fingerprint density at radius 3 is 1.55 bits per heavy atom. The second-order valence-corrected chi connectivity index (χ2v) is 17.2. The third-order valence-corrected chi connectivity index (χ3v) is 13.4. The molecule has 3 nitrogen and oxygen atoms in total. The van der Waals surface area contributed by atoms with E-state index in [0.717, 1.165) is 72.3 Å². The van der Waals surface area contributed by atoms with Gasteiger partial charge in [0.05, 0.1) is 16.7 Å². The zero-order valence-electron chi connectivity index (χ0n) is 36.6. The van der Waals surface area contributed by atoms with E-state index >= 15 is 0 Å². The molecule has 13 aromatic rings. The van der Waals surface area contributed by atoms with E-state index < -0.39 is 0 Å². The van der Waals surface area contributed by atoms with Crippen LogP contribution in [0.5, 0.6) is 0 Å². The quantitative estimate of drug-likeness (QED) is 0.152. The number of fused-ring (bicyclic) bond motifs is 8. The molecule has 0 spiro atoms. The van der Waals surface area contributed by atoms with Crippen molar-refractivity contribution >= 4 is 71.6 Å². The molecular weight excluding hydrogens is 813 g/mol. The Hall–Kier alpha value is -8.92. The van der Waals surface area contributed by atoms with Crippen LogP contribution in [-0.2, 0) is 0 Å². The summed E-state index contributed by atoms with van der Waals surface area (Å²) in [6, 6.07) is 91.8. The average Bonchev–Trinajstić information content (AvgIpc) is 3.96. The lowest BCUT2D eigenvalue weighted by atomic mass is 9.91. The van der Waals surface area contributed by atoms with Crippen LogP contribution in [0.4, 0.5) is 17.1 Å². The zero-order valence-corrected chi connectivity index (χ0v) is 36.6. The maximum absolute atomic E-state index is 6.95. The van der Waals surface area contributed by atoms with Gasteiger partial charge in [-0.2, -0.15) is 0 Å². The van der Waals surface area contributed by atoms with Gasteiger partial charge in [-0.15, -0.1) is 0 Å². The van der Waals surface area contributed by atoms with Crippen LogP contribution in [-0.4, -0.2) is 4.57 Å². The first kappa shape index (κ1) is 38.5. The molecule has 11 aromatic carbocycles. The number of nitrogens with zero attached hydrogens (tertiary/aromatic N) is 2. The number of anilines is 3. The van der Waals surface area contributed by atoms with Crippen LogP contribution in [0.1, 0.15) is 0 Å². The molecule has 0 amide bonds. The first-order valence-electron chi connectivity index (χ1n) is 22.9. The number of aromatic nitrogens is 1. The Bertz CT molecular complexity index is 3900. The summed E-state index contributed by atoms with van der Waals surface area (Å²) in [6.45, 7) is 0. The Kier molecular flexibility index (Phi) is 9.17. The van der Waals surface area contributed by atoms with Gasteiger partial charge < -0.3 is 13.9 Å². The predicted octanol–water partition coefficient (Wildman–Crippen LogP) is 18.0. The highest BCUT2D eigenvalue weighted by molar-refractivity contribution is 6.18.